The first kappa shape index (κ1) is 14.9. The molecule has 2 unspecified atom stereocenters. The minimum absolute atomic E-state index is 0.542. The molecule has 102 valence electrons. The van der Waals surface area contributed by atoms with Crippen molar-refractivity contribution in [1.82, 2.24) is 10.2 Å². The Kier molecular flexibility index (Phi) is 7.82. The average molecular weight is 242 g/mol. The maximum absolute atomic E-state index is 5.70. The van der Waals surface area contributed by atoms with Crippen LogP contribution in [0.2, 0.25) is 0 Å². The fraction of sp³-hybridized carbons (Fsp3) is 1.00. The van der Waals surface area contributed by atoms with Gasteiger partial charge in [0, 0.05) is 12.6 Å². The molecule has 2 atom stereocenters. The summed E-state index contributed by atoms with van der Waals surface area (Å²) in [4.78, 5) is 2.27. The Bertz CT molecular complexity index is 179. The van der Waals surface area contributed by atoms with E-state index in [0.29, 0.717) is 12.1 Å². The third-order valence-electron chi connectivity index (χ3n) is 3.47. The molecule has 0 aromatic rings. The number of rotatable bonds is 9. The Balaban J connectivity index is 2.18. The highest BCUT2D eigenvalue weighted by atomic mass is 16.5. The van der Waals surface area contributed by atoms with E-state index in [1.807, 2.05) is 0 Å². The smallest absolute Gasteiger partial charge is 0.0576 e. The van der Waals surface area contributed by atoms with Gasteiger partial charge in [-0.1, -0.05) is 6.92 Å². The molecule has 0 radical (unpaired) electrons. The van der Waals surface area contributed by atoms with Gasteiger partial charge < -0.3 is 15.0 Å². The molecule has 0 saturated carbocycles. The summed E-state index contributed by atoms with van der Waals surface area (Å²) in [6.07, 6.45) is 8.04. The molecule has 0 bridgehead atoms. The number of nitrogens with zero attached hydrogens (tertiary/aromatic N) is 1. The largest absolute Gasteiger partial charge is 0.378 e. The summed E-state index contributed by atoms with van der Waals surface area (Å²) >= 11 is 0. The molecule has 0 aromatic carbocycles. The molecule has 1 saturated heterocycles. The van der Waals surface area contributed by atoms with E-state index in [0.717, 1.165) is 13.2 Å². The van der Waals surface area contributed by atoms with Crippen LogP contribution < -0.4 is 5.32 Å². The zero-order valence-corrected chi connectivity index (χ0v) is 11.9. The average Bonchev–Trinajstić information content (AvgIpc) is 2.80. The fourth-order valence-corrected chi connectivity index (χ4v) is 2.37. The second-order valence-electron chi connectivity index (χ2n) is 5.46. The molecule has 1 heterocycles. The minimum atomic E-state index is 0.542. The molecular formula is C14H30N2O. The van der Waals surface area contributed by atoms with Crippen molar-refractivity contribution in [1.29, 1.82) is 0 Å². The van der Waals surface area contributed by atoms with E-state index in [1.54, 1.807) is 0 Å². The van der Waals surface area contributed by atoms with Crippen LogP contribution >= 0.6 is 0 Å². The first-order chi connectivity index (χ1) is 8.22. The monoisotopic (exact) mass is 242 g/mol. The molecule has 1 aliphatic heterocycles. The molecule has 1 fully saturated rings. The van der Waals surface area contributed by atoms with Crippen LogP contribution in [0.25, 0.3) is 0 Å². The Hall–Kier alpha value is -0.120. The van der Waals surface area contributed by atoms with E-state index in [1.165, 1.54) is 45.1 Å². The fourth-order valence-electron chi connectivity index (χ4n) is 2.37. The van der Waals surface area contributed by atoms with Crippen molar-refractivity contribution in [2.24, 2.45) is 0 Å². The Labute approximate surface area is 107 Å². The van der Waals surface area contributed by atoms with E-state index < -0.39 is 0 Å². The van der Waals surface area contributed by atoms with Crippen LogP contribution in [0, 0.1) is 0 Å². The summed E-state index contributed by atoms with van der Waals surface area (Å²) in [6, 6.07) is 0.668. The zero-order chi connectivity index (χ0) is 12.5. The van der Waals surface area contributed by atoms with Gasteiger partial charge in [0.1, 0.15) is 0 Å². The molecule has 3 nitrogen and oxygen atoms in total. The molecule has 1 aliphatic rings. The van der Waals surface area contributed by atoms with Crippen molar-refractivity contribution in [3.8, 4) is 0 Å². The van der Waals surface area contributed by atoms with Gasteiger partial charge in [-0.15, -0.1) is 0 Å². The van der Waals surface area contributed by atoms with Gasteiger partial charge in [0.05, 0.1) is 6.10 Å². The van der Waals surface area contributed by atoms with Gasteiger partial charge in [-0.25, -0.2) is 0 Å². The maximum atomic E-state index is 5.70. The summed E-state index contributed by atoms with van der Waals surface area (Å²) in [5.74, 6) is 0. The van der Waals surface area contributed by atoms with Gasteiger partial charge in [0.2, 0.25) is 0 Å². The highest BCUT2D eigenvalue weighted by Gasteiger charge is 2.17. The second-order valence-corrected chi connectivity index (χ2v) is 5.46. The summed E-state index contributed by atoms with van der Waals surface area (Å²) in [5.41, 5.74) is 0. The van der Waals surface area contributed by atoms with Crippen molar-refractivity contribution >= 4 is 0 Å². The molecular weight excluding hydrogens is 212 g/mol. The lowest BCUT2D eigenvalue weighted by Crippen LogP contribution is -2.33. The highest BCUT2D eigenvalue weighted by molar-refractivity contribution is 4.73. The molecule has 3 heteroatoms. The Morgan fingerprint density at radius 3 is 2.76 bits per heavy atom. The van der Waals surface area contributed by atoms with Crippen LogP contribution in [0.3, 0.4) is 0 Å². The maximum Gasteiger partial charge on any atom is 0.0576 e. The number of nitrogens with one attached hydrogen (secondary N) is 1. The normalized spacial score (nSPS) is 22.2. The zero-order valence-electron chi connectivity index (χ0n) is 11.9. The van der Waals surface area contributed by atoms with Crippen LogP contribution in [0.1, 0.15) is 45.4 Å². The van der Waals surface area contributed by atoms with Gasteiger partial charge in [-0.3, -0.25) is 0 Å². The van der Waals surface area contributed by atoms with Crippen molar-refractivity contribution in [3.05, 3.63) is 0 Å². The van der Waals surface area contributed by atoms with Crippen LogP contribution in [0.4, 0.5) is 0 Å². The van der Waals surface area contributed by atoms with Gasteiger partial charge >= 0.3 is 0 Å². The SMILES string of the molecule is CCCNC(CCC1CCCO1)CCN(C)C. The number of hydrogen-bond donors (Lipinski definition) is 1. The first-order valence-electron chi connectivity index (χ1n) is 7.22. The van der Waals surface area contributed by atoms with E-state index in [-0.39, 0.29) is 0 Å². The van der Waals surface area contributed by atoms with E-state index in [9.17, 15) is 0 Å². The van der Waals surface area contributed by atoms with E-state index in [2.05, 4.69) is 31.2 Å². The molecule has 1 rings (SSSR count). The van der Waals surface area contributed by atoms with Crippen LogP contribution in [-0.2, 0) is 4.74 Å². The predicted molar refractivity (Wildman–Crippen MR) is 73.5 cm³/mol. The Morgan fingerprint density at radius 2 is 2.18 bits per heavy atom. The lowest BCUT2D eigenvalue weighted by Gasteiger charge is -2.22. The lowest BCUT2D eigenvalue weighted by atomic mass is 10.0. The molecule has 0 amide bonds. The van der Waals surface area contributed by atoms with Crippen LogP contribution in [0.5, 0.6) is 0 Å². The van der Waals surface area contributed by atoms with Crippen molar-refractivity contribution in [2.75, 3.05) is 33.8 Å². The molecule has 0 aromatic heterocycles. The molecule has 0 spiro atoms. The second kappa shape index (κ2) is 8.90. The standard InChI is InChI=1S/C14H30N2O/c1-4-10-15-13(9-11-16(2)3)7-8-14-6-5-12-17-14/h13-15H,4-12H2,1-3H3. The molecule has 17 heavy (non-hydrogen) atoms. The first-order valence-corrected chi connectivity index (χ1v) is 7.22. The Morgan fingerprint density at radius 1 is 1.35 bits per heavy atom. The summed E-state index contributed by atoms with van der Waals surface area (Å²) in [7, 11) is 4.30. The number of ether oxygens (including phenoxy) is 1. The van der Waals surface area contributed by atoms with Gasteiger partial charge in [0.25, 0.3) is 0 Å². The van der Waals surface area contributed by atoms with Gasteiger partial charge in [-0.05, 0) is 65.7 Å². The van der Waals surface area contributed by atoms with E-state index >= 15 is 0 Å². The molecule has 0 aliphatic carbocycles. The van der Waals surface area contributed by atoms with E-state index in [4.69, 9.17) is 4.74 Å². The van der Waals surface area contributed by atoms with Crippen molar-refractivity contribution in [2.45, 2.75) is 57.6 Å². The number of hydrogen-bond acceptors (Lipinski definition) is 3. The lowest BCUT2D eigenvalue weighted by molar-refractivity contribution is 0.0989. The van der Waals surface area contributed by atoms with Crippen LogP contribution in [0.15, 0.2) is 0 Å². The summed E-state index contributed by atoms with van der Waals surface area (Å²) < 4.78 is 5.70. The van der Waals surface area contributed by atoms with Crippen molar-refractivity contribution in [3.63, 3.8) is 0 Å². The van der Waals surface area contributed by atoms with Gasteiger partial charge in [0.15, 0.2) is 0 Å². The minimum Gasteiger partial charge on any atom is -0.378 e. The third kappa shape index (κ3) is 7.02. The quantitative estimate of drug-likeness (QED) is 0.671. The topological polar surface area (TPSA) is 24.5 Å². The highest BCUT2D eigenvalue weighted by Crippen LogP contribution is 2.18. The van der Waals surface area contributed by atoms with Crippen LogP contribution in [-0.4, -0.2) is 50.8 Å². The third-order valence-corrected chi connectivity index (χ3v) is 3.47. The van der Waals surface area contributed by atoms with Crippen molar-refractivity contribution < 1.29 is 4.74 Å². The van der Waals surface area contributed by atoms with Gasteiger partial charge in [-0.2, -0.15) is 0 Å². The molecule has 1 N–H and O–H groups in total. The predicted octanol–water partition coefficient (Wildman–Crippen LogP) is 2.27. The summed E-state index contributed by atoms with van der Waals surface area (Å²) in [5, 5.41) is 3.67. The summed E-state index contributed by atoms with van der Waals surface area (Å²) in [6.45, 7) is 5.53.